The molecule has 0 radical (unpaired) electrons. The molecule has 0 saturated carbocycles. The first kappa shape index (κ1) is 17.2. The van der Waals surface area contributed by atoms with Gasteiger partial charge in [0.2, 0.25) is 5.95 Å². The number of nitrogens with zero attached hydrogens (tertiary/aromatic N) is 3. The van der Waals surface area contributed by atoms with Gasteiger partial charge < -0.3 is 9.64 Å². The number of benzene rings is 1. The number of thiophene rings is 1. The Morgan fingerprint density at radius 3 is 2.85 bits per heavy atom. The maximum absolute atomic E-state index is 12.7. The average molecular weight is 388 g/mol. The fraction of sp³-hybridized carbons (Fsp3) is 0.316. The van der Waals surface area contributed by atoms with Gasteiger partial charge in [0.1, 0.15) is 12.6 Å². The van der Waals surface area contributed by atoms with Gasteiger partial charge in [-0.1, -0.05) is 29.8 Å². The number of anilines is 1. The van der Waals surface area contributed by atoms with Crippen LogP contribution in [0.2, 0.25) is 5.02 Å². The zero-order valence-corrected chi connectivity index (χ0v) is 15.7. The van der Waals surface area contributed by atoms with Crippen LogP contribution in [0.25, 0.3) is 10.1 Å². The fourth-order valence-corrected chi connectivity index (χ4v) is 4.65. The standard InChI is InChI=1S/C19H18ClN3O2S/c20-17-13-6-1-2-8-15(13)26-16(17)12-25-18(24)14-7-3-4-11-23(14)19-21-9-5-10-22-19/h1-2,5-6,8-10,14H,3-4,7,11-12H2. The van der Waals surface area contributed by atoms with Crippen molar-refractivity contribution in [2.45, 2.75) is 31.9 Å². The number of hydrogen-bond donors (Lipinski definition) is 0. The molecule has 3 aromatic rings. The Balaban J connectivity index is 1.48. The topological polar surface area (TPSA) is 55.3 Å². The highest BCUT2D eigenvalue weighted by Gasteiger charge is 2.31. The van der Waals surface area contributed by atoms with E-state index in [-0.39, 0.29) is 18.6 Å². The van der Waals surface area contributed by atoms with Crippen LogP contribution < -0.4 is 4.90 Å². The van der Waals surface area contributed by atoms with Crippen molar-refractivity contribution in [3.63, 3.8) is 0 Å². The maximum Gasteiger partial charge on any atom is 0.329 e. The predicted octanol–water partition coefficient (Wildman–Crippen LogP) is 4.45. The van der Waals surface area contributed by atoms with Gasteiger partial charge in [-0.05, 0) is 31.4 Å². The van der Waals surface area contributed by atoms with Gasteiger partial charge in [-0.3, -0.25) is 0 Å². The summed E-state index contributed by atoms with van der Waals surface area (Å²) >= 11 is 8.00. The third-order valence-corrected chi connectivity index (χ3v) is 6.22. The van der Waals surface area contributed by atoms with Crippen LogP contribution in [-0.2, 0) is 16.1 Å². The van der Waals surface area contributed by atoms with Crippen molar-refractivity contribution in [2.24, 2.45) is 0 Å². The Kier molecular flexibility index (Phi) is 5.04. The molecule has 1 fully saturated rings. The predicted molar refractivity (Wildman–Crippen MR) is 104 cm³/mol. The van der Waals surface area contributed by atoms with Crippen LogP contribution in [0.1, 0.15) is 24.1 Å². The van der Waals surface area contributed by atoms with Crippen molar-refractivity contribution >= 4 is 44.9 Å². The van der Waals surface area contributed by atoms with E-state index in [2.05, 4.69) is 9.97 Å². The molecule has 3 heterocycles. The number of hydrogen-bond acceptors (Lipinski definition) is 6. The number of esters is 1. The lowest BCUT2D eigenvalue weighted by molar-refractivity contribution is -0.147. The molecule has 4 rings (SSSR count). The summed E-state index contributed by atoms with van der Waals surface area (Å²) in [5.41, 5.74) is 0. The second kappa shape index (κ2) is 7.60. The minimum atomic E-state index is -0.348. The van der Waals surface area contributed by atoms with Crippen LogP contribution in [0.5, 0.6) is 0 Å². The van der Waals surface area contributed by atoms with Crippen LogP contribution in [-0.4, -0.2) is 28.5 Å². The number of ether oxygens (including phenoxy) is 1. The summed E-state index contributed by atoms with van der Waals surface area (Å²) in [6, 6.07) is 9.35. The minimum Gasteiger partial charge on any atom is -0.458 e. The number of fused-ring (bicyclic) bond motifs is 1. The molecule has 1 aliphatic rings. The molecule has 5 nitrogen and oxygen atoms in total. The van der Waals surface area contributed by atoms with E-state index >= 15 is 0 Å². The van der Waals surface area contributed by atoms with Crippen LogP contribution in [0, 0.1) is 0 Å². The van der Waals surface area contributed by atoms with Crippen molar-refractivity contribution < 1.29 is 9.53 Å². The monoisotopic (exact) mass is 387 g/mol. The van der Waals surface area contributed by atoms with E-state index in [0.717, 1.165) is 40.8 Å². The summed E-state index contributed by atoms with van der Waals surface area (Å²) in [6.45, 7) is 0.949. The van der Waals surface area contributed by atoms with Crippen LogP contribution >= 0.6 is 22.9 Å². The molecular weight excluding hydrogens is 370 g/mol. The number of rotatable bonds is 4. The number of halogens is 1. The van der Waals surface area contributed by atoms with E-state index in [4.69, 9.17) is 16.3 Å². The number of carbonyl (C=O) groups excluding carboxylic acids is 1. The van der Waals surface area contributed by atoms with E-state index in [9.17, 15) is 4.79 Å². The Hall–Kier alpha value is -2.18. The summed E-state index contributed by atoms with van der Waals surface area (Å²) in [5, 5.41) is 1.67. The normalized spacial score (nSPS) is 17.4. The first-order valence-corrected chi connectivity index (χ1v) is 9.79. The molecule has 1 atom stereocenters. The number of carbonyl (C=O) groups is 1. The molecule has 0 aliphatic carbocycles. The molecule has 26 heavy (non-hydrogen) atoms. The van der Waals surface area contributed by atoms with Crippen LogP contribution in [0.4, 0.5) is 5.95 Å². The highest BCUT2D eigenvalue weighted by molar-refractivity contribution is 7.19. The van der Waals surface area contributed by atoms with Gasteiger partial charge in [0, 0.05) is 29.0 Å². The first-order valence-electron chi connectivity index (χ1n) is 8.60. The largest absolute Gasteiger partial charge is 0.458 e. The van der Waals surface area contributed by atoms with Gasteiger partial charge in [-0.2, -0.15) is 0 Å². The van der Waals surface area contributed by atoms with E-state index in [0.29, 0.717) is 11.0 Å². The molecule has 1 unspecified atom stereocenters. The Bertz CT molecular complexity index is 916. The maximum atomic E-state index is 12.7. The lowest BCUT2D eigenvalue weighted by Gasteiger charge is -2.33. The quantitative estimate of drug-likeness (QED) is 0.619. The summed E-state index contributed by atoms with van der Waals surface area (Å²) in [4.78, 5) is 24.1. The molecule has 1 saturated heterocycles. The molecule has 1 aliphatic heterocycles. The second-order valence-corrected chi connectivity index (χ2v) is 7.71. The fourth-order valence-electron chi connectivity index (χ4n) is 3.25. The van der Waals surface area contributed by atoms with Gasteiger partial charge in [0.25, 0.3) is 0 Å². The van der Waals surface area contributed by atoms with Gasteiger partial charge in [-0.25, -0.2) is 14.8 Å². The Morgan fingerprint density at radius 1 is 1.23 bits per heavy atom. The smallest absolute Gasteiger partial charge is 0.329 e. The summed E-state index contributed by atoms with van der Waals surface area (Å²) in [6.07, 6.45) is 6.14. The summed E-state index contributed by atoms with van der Waals surface area (Å²) in [5.74, 6) is 0.333. The highest BCUT2D eigenvalue weighted by Crippen LogP contribution is 2.35. The molecule has 2 aromatic heterocycles. The van der Waals surface area contributed by atoms with E-state index < -0.39 is 0 Å². The van der Waals surface area contributed by atoms with Crippen molar-refractivity contribution in [1.82, 2.24) is 9.97 Å². The van der Waals surface area contributed by atoms with Gasteiger partial charge >= 0.3 is 5.97 Å². The number of piperidine rings is 1. The summed E-state index contributed by atoms with van der Waals surface area (Å²) in [7, 11) is 0. The molecule has 1 aromatic carbocycles. The third kappa shape index (κ3) is 3.39. The average Bonchev–Trinajstić information content (AvgIpc) is 3.03. The van der Waals surface area contributed by atoms with Gasteiger partial charge in [-0.15, -0.1) is 11.3 Å². The minimum absolute atomic E-state index is 0.191. The SMILES string of the molecule is O=C(OCc1sc2ccccc2c1Cl)C1CCCCN1c1ncccn1. The zero-order chi connectivity index (χ0) is 17.9. The molecule has 7 heteroatoms. The van der Waals surface area contributed by atoms with Crippen molar-refractivity contribution in [1.29, 1.82) is 0 Å². The Morgan fingerprint density at radius 2 is 2.04 bits per heavy atom. The Labute approximate surface area is 160 Å². The third-order valence-electron chi connectivity index (χ3n) is 4.53. The molecule has 0 amide bonds. The van der Waals surface area contributed by atoms with Crippen molar-refractivity contribution in [3.05, 3.63) is 52.6 Å². The highest BCUT2D eigenvalue weighted by atomic mass is 35.5. The summed E-state index contributed by atoms with van der Waals surface area (Å²) < 4.78 is 6.72. The zero-order valence-electron chi connectivity index (χ0n) is 14.1. The molecule has 0 bridgehead atoms. The van der Waals surface area contributed by atoms with E-state index in [1.165, 1.54) is 0 Å². The van der Waals surface area contributed by atoms with Crippen molar-refractivity contribution in [3.8, 4) is 0 Å². The van der Waals surface area contributed by atoms with E-state index in [1.54, 1.807) is 29.8 Å². The second-order valence-electron chi connectivity index (χ2n) is 6.20. The van der Waals surface area contributed by atoms with Crippen LogP contribution in [0.3, 0.4) is 0 Å². The van der Waals surface area contributed by atoms with Crippen molar-refractivity contribution in [2.75, 3.05) is 11.4 Å². The lowest BCUT2D eigenvalue weighted by Crippen LogP contribution is -2.46. The van der Waals surface area contributed by atoms with Crippen LogP contribution in [0.15, 0.2) is 42.7 Å². The molecule has 0 N–H and O–H groups in total. The molecular formula is C19H18ClN3O2S. The molecule has 0 spiro atoms. The van der Waals surface area contributed by atoms with Gasteiger partial charge in [0.15, 0.2) is 0 Å². The lowest BCUT2D eigenvalue weighted by atomic mass is 10.0. The molecule has 134 valence electrons. The van der Waals surface area contributed by atoms with E-state index in [1.807, 2.05) is 29.2 Å². The number of aromatic nitrogens is 2. The first-order chi connectivity index (χ1) is 12.7. The van der Waals surface area contributed by atoms with Gasteiger partial charge in [0.05, 0.1) is 9.90 Å².